The molecule has 0 atom stereocenters. The summed E-state index contributed by atoms with van der Waals surface area (Å²) < 4.78 is 19.1. The highest BCUT2D eigenvalue weighted by molar-refractivity contribution is 5.60. The summed E-state index contributed by atoms with van der Waals surface area (Å²) >= 11 is 0. The zero-order valence-electron chi connectivity index (χ0n) is 11.2. The Morgan fingerprint density at radius 3 is 2.39 bits per heavy atom. The molecule has 0 aliphatic rings. The molecule has 0 spiro atoms. The van der Waals surface area contributed by atoms with Crippen molar-refractivity contribution in [3.05, 3.63) is 41.5 Å². The minimum atomic E-state index is -0.265. The van der Waals surface area contributed by atoms with E-state index in [-0.39, 0.29) is 11.7 Å². The van der Waals surface area contributed by atoms with E-state index in [2.05, 4.69) is 18.8 Å². The van der Waals surface area contributed by atoms with E-state index in [1.807, 2.05) is 13.8 Å². The van der Waals surface area contributed by atoms with Gasteiger partial charge >= 0.3 is 0 Å². The van der Waals surface area contributed by atoms with E-state index in [9.17, 15) is 4.39 Å². The minimum Gasteiger partial charge on any atom is -0.441 e. The predicted octanol–water partition coefficient (Wildman–Crippen LogP) is 4.73. The molecule has 2 nitrogen and oxygen atoms in total. The Morgan fingerprint density at radius 2 is 1.83 bits per heavy atom. The summed E-state index contributed by atoms with van der Waals surface area (Å²) in [6.07, 6.45) is 1.72. The van der Waals surface area contributed by atoms with Crippen molar-refractivity contribution in [2.24, 2.45) is 0 Å². The summed E-state index contributed by atoms with van der Waals surface area (Å²) in [7, 11) is 0. The Bertz CT molecular complexity index is 543. The van der Waals surface area contributed by atoms with Crippen molar-refractivity contribution in [3.63, 3.8) is 0 Å². The van der Waals surface area contributed by atoms with Gasteiger partial charge in [-0.1, -0.05) is 33.8 Å². The smallest absolute Gasteiger partial charge is 0.226 e. The molecule has 1 aromatic carbocycles. The van der Waals surface area contributed by atoms with Crippen molar-refractivity contribution < 1.29 is 8.81 Å². The van der Waals surface area contributed by atoms with Crippen LogP contribution >= 0.6 is 0 Å². The number of hydrogen-bond acceptors (Lipinski definition) is 2. The van der Waals surface area contributed by atoms with Gasteiger partial charge in [-0.3, -0.25) is 0 Å². The fraction of sp³-hybridized carbons (Fsp3) is 0.400. The van der Waals surface area contributed by atoms with Crippen LogP contribution in [-0.2, 0) is 0 Å². The Kier molecular flexibility index (Phi) is 3.50. The number of hydrogen-bond donors (Lipinski definition) is 0. The third-order valence-corrected chi connectivity index (χ3v) is 2.96. The van der Waals surface area contributed by atoms with Gasteiger partial charge < -0.3 is 4.42 Å². The van der Waals surface area contributed by atoms with Crippen LogP contribution in [0.5, 0.6) is 0 Å². The van der Waals surface area contributed by atoms with Gasteiger partial charge in [0.1, 0.15) is 11.6 Å². The Balaban J connectivity index is 2.51. The van der Waals surface area contributed by atoms with Gasteiger partial charge in [-0.15, -0.1) is 0 Å². The first-order valence-electron chi connectivity index (χ1n) is 6.24. The zero-order chi connectivity index (χ0) is 13.3. The highest BCUT2D eigenvalue weighted by Gasteiger charge is 2.15. The average Bonchev–Trinajstić information content (AvgIpc) is 2.77. The van der Waals surface area contributed by atoms with E-state index >= 15 is 0 Å². The van der Waals surface area contributed by atoms with E-state index in [1.165, 1.54) is 12.1 Å². The summed E-state index contributed by atoms with van der Waals surface area (Å²) in [6.45, 7) is 8.23. The summed E-state index contributed by atoms with van der Waals surface area (Å²) in [5.41, 5.74) is 1.80. The van der Waals surface area contributed by atoms with Gasteiger partial charge in [0.2, 0.25) is 5.89 Å². The molecule has 96 valence electrons. The molecule has 0 fully saturated rings. The lowest BCUT2D eigenvalue weighted by atomic mass is 9.97. The van der Waals surface area contributed by atoms with Crippen LogP contribution in [0.1, 0.15) is 50.9 Å². The lowest BCUT2D eigenvalue weighted by Crippen LogP contribution is -1.93. The lowest BCUT2D eigenvalue weighted by molar-refractivity contribution is 0.494. The van der Waals surface area contributed by atoms with Crippen molar-refractivity contribution in [2.75, 3.05) is 0 Å². The molecule has 2 rings (SSSR count). The maximum atomic E-state index is 13.4. The van der Waals surface area contributed by atoms with Crippen molar-refractivity contribution in [3.8, 4) is 11.5 Å². The highest BCUT2D eigenvalue weighted by atomic mass is 19.1. The van der Waals surface area contributed by atoms with Crippen LogP contribution < -0.4 is 0 Å². The molecule has 2 aromatic rings. The number of nitrogens with zero attached hydrogens (tertiary/aromatic N) is 1. The molecule has 1 aromatic heterocycles. The number of benzene rings is 1. The van der Waals surface area contributed by atoms with E-state index in [0.717, 1.165) is 16.9 Å². The summed E-state index contributed by atoms with van der Waals surface area (Å²) in [5, 5.41) is 0. The standard InChI is InChI=1S/C15H18FNO/c1-9(2)12-6-5-11(16)7-13(12)15-17-8-14(18-15)10(3)4/h5-10H,1-4H3. The van der Waals surface area contributed by atoms with Crippen LogP contribution in [-0.4, -0.2) is 4.98 Å². The van der Waals surface area contributed by atoms with Crippen LogP contribution in [0.25, 0.3) is 11.5 Å². The van der Waals surface area contributed by atoms with Gasteiger partial charge in [0.05, 0.1) is 6.20 Å². The van der Waals surface area contributed by atoms with Crippen molar-refractivity contribution in [1.29, 1.82) is 0 Å². The van der Waals surface area contributed by atoms with Crippen LogP contribution in [0.2, 0.25) is 0 Å². The Labute approximate surface area is 107 Å². The lowest BCUT2D eigenvalue weighted by Gasteiger charge is -2.10. The van der Waals surface area contributed by atoms with Gasteiger partial charge in [0, 0.05) is 11.5 Å². The van der Waals surface area contributed by atoms with Crippen LogP contribution in [0.15, 0.2) is 28.8 Å². The molecule has 0 saturated heterocycles. The molecule has 0 unspecified atom stereocenters. The van der Waals surface area contributed by atoms with E-state index in [1.54, 1.807) is 12.3 Å². The van der Waals surface area contributed by atoms with Crippen LogP contribution in [0.3, 0.4) is 0 Å². The van der Waals surface area contributed by atoms with E-state index < -0.39 is 0 Å². The fourth-order valence-corrected chi connectivity index (χ4v) is 1.90. The van der Waals surface area contributed by atoms with Gasteiger partial charge in [-0.25, -0.2) is 9.37 Å². The molecule has 1 heterocycles. The third kappa shape index (κ3) is 2.45. The van der Waals surface area contributed by atoms with Crippen LogP contribution in [0.4, 0.5) is 4.39 Å². The molecule has 0 aliphatic carbocycles. The number of aromatic nitrogens is 1. The highest BCUT2D eigenvalue weighted by Crippen LogP contribution is 2.30. The monoisotopic (exact) mass is 247 g/mol. The van der Waals surface area contributed by atoms with Gasteiger partial charge in [0.15, 0.2) is 0 Å². The first-order valence-corrected chi connectivity index (χ1v) is 6.24. The number of halogens is 1. The quantitative estimate of drug-likeness (QED) is 0.783. The van der Waals surface area contributed by atoms with Crippen molar-refractivity contribution >= 4 is 0 Å². The molecule has 0 bridgehead atoms. The molecule has 0 N–H and O–H groups in total. The molecule has 0 saturated carbocycles. The van der Waals surface area contributed by atoms with Crippen molar-refractivity contribution in [1.82, 2.24) is 4.98 Å². The molecule has 3 heteroatoms. The zero-order valence-corrected chi connectivity index (χ0v) is 11.2. The topological polar surface area (TPSA) is 26.0 Å². The summed E-state index contributed by atoms with van der Waals surface area (Å²) in [5.74, 6) is 1.64. The fourth-order valence-electron chi connectivity index (χ4n) is 1.90. The minimum absolute atomic E-state index is 0.265. The molecule has 0 radical (unpaired) electrons. The Hall–Kier alpha value is -1.64. The van der Waals surface area contributed by atoms with E-state index in [0.29, 0.717) is 11.8 Å². The normalized spacial score (nSPS) is 11.5. The maximum absolute atomic E-state index is 13.4. The van der Waals surface area contributed by atoms with Crippen molar-refractivity contribution in [2.45, 2.75) is 39.5 Å². The summed E-state index contributed by atoms with van der Waals surface area (Å²) in [6, 6.07) is 4.77. The van der Waals surface area contributed by atoms with Crippen LogP contribution in [0, 0.1) is 5.82 Å². The second-order valence-corrected chi connectivity index (χ2v) is 5.11. The molecular weight excluding hydrogens is 229 g/mol. The van der Waals surface area contributed by atoms with Gasteiger partial charge in [0.25, 0.3) is 0 Å². The van der Waals surface area contributed by atoms with Gasteiger partial charge in [-0.2, -0.15) is 0 Å². The SMILES string of the molecule is CC(C)c1cnc(-c2cc(F)ccc2C(C)C)o1. The molecule has 18 heavy (non-hydrogen) atoms. The molecular formula is C15H18FNO. The molecule has 0 aliphatic heterocycles. The molecule has 0 amide bonds. The van der Waals surface area contributed by atoms with E-state index in [4.69, 9.17) is 4.42 Å². The largest absolute Gasteiger partial charge is 0.441 e. The summed E-state index contributed by atoms with van der Waals surface area (Å²) in [4.78, 5) is 4.26. The maximum Gasteiger partial charge on any atom is 0.226 e. The average molecular weight is 247 g/mol. The second-order valence-electron chi connectivity index (χ2n) is 5.11. The van der Waals surface area contributed by atoms with Gasteiger partial charge in [-0.05, 0) is 23.6 Å². The first-order chi connectivity index (χ1) is 8.49. The first kappa shape index (κ1) is 12.8. The number of oxazole rings is 1. The Morgan fingerprint density at radius 1 is 1.11 bits per heavy atom. The number of rotatable bonds is 3. The third-order valence-electron chi connectivity index (χ3n) is 2.96. The predicted molar refractivity (Wildman–Crippen MR) is 70.1 cm³/mol. The second kappa shape index (κ2) is 4.92.